The fraction of sp³-hybridized carbons (Fsp3) is 0.947. The van der Waals surface area contributed by atoms with Crippen molar-refractivity contribution in [3.63, 3.8) is 0 Å². The quantitative estimate of drug-likeness (QED) is 0.206. The van der Waals surface area contributed by atoms with E-state index in [1.54, 1.807) is 7.11 Å². The number of alkyl carbamates (subject to hydrolysis) is 1. The highest BCUT2D eigenvalue weighted by molar-refractivity contribution is 6.86. The first-order valence-corrected chi connectivity index (χ1v) is 19.8. The van der Waals surface area contributed by atoms with E-state index in [0.29, 0.717) is 25.8 Å². The average Bonchev–Trinajstić information content (AvgIpc) is 3.43. The van der Waals surface area contributed by atoms with Crippen LogP contribution in [0.15, 0.2) is 0 Å². The highest BCUT2D eigenvalue weighted by atomic mass is 28.5. The molecule has 1 N–H and O–H groups in total. The van der Waals surface area contributed by atoms with E-state index in [1.807, 2.05) is 0 Å². The van der Waals surface area contributed by atoms with Gasteiger partial charge in [-0.15, -0.1) is 0 Å². The maximum atomic E-state index is 11.7. The number of nitrogens with zero attached hydrogens (tertiary/aromatic N) is 1. The van der Waals surface area contributed by atoms with Gasteiger partial charge in [-0.2, -0.15) is 0 Å². The van der Waals surface area contributed by atoms with Crippen LogP contribution in [0.4, 0.5) is 4.79 Å². The second kappa shape index (κ2) is 12.7. The SMILES string of the molecule is CO[Si](C)(C)O[Si](C)(CCCOCCOC(=O)NCCC(C)N1CC1)O[Si](C)(C)C. The Kier molecular flexibility index (Phi) is 11.7. The highest BCUT2D eigenvalue weighted by Crippen LogP contribution is 2.25. The minimum Gasteiger partial charge on any atom is -0.447 e. The predicted octanol–water partition coefficient (Wildman–Crippen LogP) is 3.50. The first kappa shape index (κ1) is 27.8. The minimum atomic E-state index is -2.34. The molecule has 2 atom stereocenters. The van der Waals surface area contributed by atoms with Crippen molar-refractivity contribution in [2.24, 2.45) is 0 Å². The molecule has 8 nitrogen and oxygen atoms in total. The molecular formula is C19H44N2O6Si3. The Labute approximate surface area is 186 Å². The number of hydrogen-bond donors (Lipinski definition) is 1. The lowest BCUT2D eigenvalue weighted by Gasteiger charge is -2.38. The molecule has 0 spiro atoms. The number of amides is 1. The van der Waals surface area contributed by atoms with Crippen molar-refractivity contribution in [3.05, 3.63) is 0 Å². The Morgan fingerprint density at radius 1 is 1.03 bits per heavy atom. The summed E-state index contributed by atoms with van der Waals surface area (Å²) >= 11 is 0. The molecule has 1 fully saturated rings. The lowest BCUT2D eigenvalue weighted by atomic mass is 10.2. The fourth-order valence-electron chi connectivity index (χ4n) is 3.24. The van der Waals surface area contributed by atoms with Crippen LogP contribution in [0.5, 0.6) is 0 Å². The van der Waals surface area contributed by atoms with E-state index in [1.165, 1.54) is 13.1 Å². The van der Waals surface area contributed by atoms with Gasteiger partial charge in [0.15, 0.2) is 8.32 Å². The molecule has 0 aliphatic carbocycles. The maximum absolute atomic E-state index is 11.7. The Bertz CT molecular complexity index is 517. The number of rotatable bonds is 16. The standard InChI is InChI=1S/C19H44N2O6Si3/c1-18(21-12-13-21)10-11-20-19(22)25-16-15-24-14-9-17-30(8,26-28(3,4)5)27-29(6,7)23-2/h18H,9-17H2,1-8H3,(H,20,22). The summed E-state index contributed by atoms with van der Waals surface area (Å²) in [4.78, 5) is 14.1. The van der Waals surface area contributed by atoms with Crippen molar-refractivity contribution in [2.75, 3.05) is 46.6 Å². The Balaban J connectivity index is 2.17. The van der Waals surface area contributed by atoms with Crippen molar-refractivity contribution in [1.29, 1.82) is 0 Å². The van der Waals surface area contributed by atoms with Crippen LogP contribution in [0.25, 0.3) is 0 Å². The molecule has 2 unspecified atom stereocenters. The zero-order valence-corrected chi connectivity index (χ0v) is 23.3. The third-order valence-electron chi connectivity index (χ3n) is 4.79. The first-order valence-electron chi connectivity index (χ1n) is 11.0. The van der Waals surface area contributed by atoms with Gasteiger partial charge in [0, 0.05) is 39.4 Å². The van der Waals surface area contributed by atoms with E-state index in [9.17, 15) is 4.79 Å². The molecule has 1 aliphatic rings. The van der Waals surface area contributed by atoms with E-state index in [0.717, 1.165) is 18.9 Å². The zero-order chi connectivity index (χ0) is 22.8. The van der Waals surface area contributed by atoms with Crippen molar-refractivity contribution in [2.45, 2.75) is 71.1 Å². The number of ether oxygens (including phenoxy) is 2. The summed E-state index contributed by atoms with van der Waals surface area (Å²) in [5.41, 5.74) is 0. The first-order chi connectivity index (χ1) is 13.9. The Hall–Kier alpha value is -0.279. The molecule has 1 saturated heterocycles. The van der Waals surface area contributed by atoms with E-state index in [-0.39, 0.29) is 12.7 Å². The average molecular weight is 481 g/mol. The summed E-state index contributed by atoms with van der Waals surface area (Å²) in [5, 5.41) is 2.79. The number of nitrogens with one attached hydrogen (secondary N) is 1. The fourth-order valence-corrected chi connectivity index (χ4v) is 15.1. The lowest BCUT2D eigenvalue weighted by molar-refractivity contribution is 0.0724. The maximum Gasteiger partial charge on any atom is 0.407 e. The summed E-state index contributed by atoms with van der Waals surface area (Å²) in [7, 11) is -4.53. The van der Waals surface area contributed by atoms with Crippen LogP contribution in [0.2, 0.25) is 45.3 Å². The Morgan fingerprint density at radius 3 is 2.27 bits per heavy atom. The van der Waals surface area contributed by atoms with E-state index in [4.69, 9.17) is 22.1 Å². The largest absolute Gasteiger partial charge is 0.447 e. The van der Waals surface area contributed by atoms with Crippen molar-refractivity contribution < 1.29 is 26.9 Å². The van der Waals surface area contributed by atoms with Crippen LogP contribution in [-0.4, -0.2) is 89.0 Å². The van der Waals surface area contributed by atoms with Gasteiger partial charge in [-0.05, 0) is 65.1 Å². The van der Waals surface area contributed by atoms with Gasteiger partial charge in [-0.3, -0.25) is 4.90 Å². The normalized spacial score (nSPS) is 18.0. The predicted molar refractivity (Wildman–Crippen MR) is 127 cm³/mol. The van der Waals surface area contributed by atoms with Crippen molar-refractivity contribution in [3.8, 4) is 0 Å². The van der Waals surface area contributed by atoms with E-state index in [2.05, 4.69) is 56.4 Å². The third-order valence-corrected chi connectivity index (χ3v) is 14.9. The van der Waals surface area contributed by atoms with Gasteiger partial charge in [0.25, 0.3) is 0 Å². The van der Waals surface area contributed by atoms with Gasteiger partial charge in [0.1, 0.15) is 6.61 Å². The summed E-state index contributed by atoms with van der Waals surface area (Å²) < 4.78 is 29.3. The summed E-state index contributed by atoms with van der Waals surface area (Å²) in [6.45, 7) is 19.2. The van der Waals surface area contributed by atoms with Crippen LogP contribution in [0.3, 0.4) is 0 Å². The van der Waals surface area contributed by atoms with Gasteiger partial charge >= 0.3 is 23.2 Å². The summed E-state index contributed by atoms with van der Waals surface area (Å²) in [6, 6.07) is 1.38. The van der Waals surface area contributed by atoms with Crippen LogP contribution in [-0.2, 0) is 22.1 Å². The number of carbonyl (C=O) groups excluding carboxylic acids is 1. The molecule has 0 aromatic rings. The van der Waals surface area contributed by atoms with Crippen molar-refractivity contribution >= 4 is 31.5 Å². The number of carbonyl (C=O) groups is 1. The van der Waals surface area contributed by atoms with E-state index < -0.39 is 25.4 Å². The second-order valence-corrected chi connectivity index (χ2v) is 21.3. The van der Waals surface area contributed by atoms with Gasteiger partial charge in [0.05, 0.1) is 6.61 Å². The van der Waals surface area contributed by atoms with Crippen LogP contribution in [0.1, 0.15) is 19.8 Å². The molecule has 0 radical (unpaired) electrons. The molecule has 0 saturated carbocycles. The van der Waals surface area contributed by atoms with Crippen LogP contribution in [0, 0.1) is 0 Å². The summed E-state index contributed by atoms with van der Waals surface area (Å²) in [5.74, 6) is 0. The Morgan fingerprint density at radius 2 is 1.70 bits per heavy atom. The molecule has 0 aromatic carbocycles. The van der Waals surface area contributed by atoms with Gasteiger partial charge in [-0.1, -0.05) is 0 Å². The molecule has 1 amide bonds. The molecular weight excluding hydrogens is 436 g/mol. The molecule has 178 valence electrons. The topological polar surface area (TPSA) is 78.3 Å². The molecule has 30 heavy (non-hydrogen) atoms. The van der Waals surface area contributed by atoms with Gasteiger partial charge < -0.3 is 27.4 Å². The second-order valence-electron chi connectivity index (χ2n) is 9.51. The minimum absolute atomic E-state index is 0.258. The molecule has 1 rings (SSSR count). The van der Waals surface area contributed by atoms with Crippen LogP contribution < -0.4 is 5.32 Å². The third kappa shape index (κ3) is 13.2. The van der Waals surface area contributed by atoms with Crippen molar-refractivity contribution in [1.82, 2.24) is 10.2 Å². The number of hydrogen-bond acceptors (Lipinski definition) is 7. The summed E-state index contributed by atoms with van der Waals surface area (Å²) in [6.07, 6.45) is 1.42. The highest BCUT2D eigenvalue weighted by Gasteiger charge is 2.42. The monoisotopic (exact) mass is 480 g/mol. The smallest absolute Gasteiger partial charge is 0.407 e. The zero-order valence-electron chi connectivity index (χ0n) is 20.3. The van der Waals surface area contributed by atoms with Gasteiger partial charge in [0.2, 0.25) is 0 Å². The van der Waals surface area contributed by atoms with Crippen LogP contribution >= 0.6 is 0 Å². The molecule has 0 aromatic heterocycles. The molecule has 1 heterocycles. The van der Waals surface area contributed by atoms with Gasteiger partial charge in [-0.25, -0.2) is 4.79 Å². The lowest BCUT2D eigenvalue weighted by Crippen LogP contribution is -2.54. The molecule has 0 bridgehead atoms. The van der Waals surface area contributed by atoms with E-state index >= 15 is 0 Å². The molecule has 1 aliphatic heterocycles. The molecule has 11 heteroatoms.